The first-order valence-corrected chi connectivity index (χ1v) is 10.0. The molecule has 4 heterocycles. The Morgan fingerprint density at radius 3 is 2.67 bits per heavy atom. The molecule has 5 rings (SSSR count). The number of hydrogen-bond donors (Lipinski definition) is 0. The number of benzene rings is 1. The molecular formula is C16H20N4O3S. The minimum Gasteiger partial charge on any atom is -0.403 e. The highest BCUT2D eigenvalue weighted by Crippen LogP contribution is 2.29. The van der Waals surface area contributed by atoms with Crippen LogP contribution in [0.3, 0.4) is 0 Å². The van der Waals surface area contributed by atoms with Gasteiger partial charge in [-0.1, -0.05) is 11.2 Å². The van der Waals surface area contributed by atoms with Gasteiger partial charge in [-0.15, -0.1) is 5.10 Å². The van der Waals surface area contributed by atoms with E-state index in [-0.39, 0.29) is 4.90 Å². The number of piperidine rings is 1. The van der Waals surface area contributed by atoms with E-state index in [1.807, 2.05) is 0 Å². The number of aromatic nitrogens is 2. The van der Waals surface area contributed by atoms with Crippen molar-refractivity contribution >= 4 is 15.9 Å². The van der Waals surface area contributed by atoms with Crippen molar-refractivity contribution in [2.75, 3.05) is 37.3 Å². The van der Waals surface area contributed by atoms with E-state index in [4.69, 9.17) is 4.42 Å². The molecule has 1 aromatic heterocycles. The summed E-state index contributed by atoms with van der Waals surface area (Å²) in [6.45, 7) is 4.14. The van der Waals surface area contributed by atoms with E-state index in [9.17, 15) is 8.42 Å². The lowest BCUT2D eigenvalue weighted by atomic mass is 10.1. The highest BCUT2D eigenvalue weighted by molar-refractivity contribution is 7.90. The Morgan fingerprint density at radius 2 is 1.92 bits per heavy atom. The average Bonchev–Trinajstić information content (AvgIpc) is 2.87. The summed E-state index contributed by atoms with van der Waals surface area (Å²) < 4.78 is 29.3. The van der Waals surface area contributed by atoms with E-state index >= 15 is 0 Å². The topological polar surface area (TPSA) is 79.5 Å². The predicted molar refractivity (Wildman–Crippen MR) is 89.7 cm³/mol. The zero-order valence-electron chi connectivity index (χ0n) is 13.6. The second kappa shape index (κ2) is 5.86. The lowest BCUT2D eigenvalue weighted by Crippen LogP contribution is -2.38. The van der Waals surface area contributed by atoms with Crippen LogP contribution in [0.1, 0.15) is 12.8 Å². The Bertz CT molecular complexity index is 841. The van der Waals surface area contributed by atoms with E-state index in [0.717, 1.165) is 39.0 Å². The number of rotatable bonds is 3. The van der Waals surface area contributed by atoms with Crippen molar-refractivity contribution in [1.82, 2.24) is 15.1 Å². The molecule has 3 aliphatic rings. The van der Waals surface area contributed by atoms with Gasteiger partial charge in [-0.25, -0.2) is 8.42 Å². The van der Waals surface area contributed by atoms with Gasteiger partial charge in [0.2, 0.25) is 5.89 Å². The largest absolute Gasteiger partial charge is 0.403 e. The quantitative estimate of drug-likeness (QED) is 0.830. The van der Waals surface area contributed by atoms with Crippen molar-refractivity contribution < 1.29 is 12.8 Å². The smallest absolute Gasteiger partial charge is 0.318 e. The van der Waals surface area contributed by atoms with Crippen LogP contribution in [0.2, 0.25) is 0 Å². The molecule has 0 atom stereocenters. The van der Waals surface area contributed by atoms with E-state index in [0.29, 0.717) is 23.5 Å². The first-order chi connectivity index (χ1) is 11.5. The molecule has 2 aromatic rings. The van der Waals surface area contributed by atoms with Crippen LogP contribution in [0.5, 0.6) is 0 Å². The maximum atomic E-state index is 11.7. The Hall–Kier alpha value is -1.93. The van der Waals surface area contributed by atoms with Crippen LogP contribution >= 0.6 is 0 Å². The number of sulfone groups is 1. The molecular weight excluding hydrogens is 328 g/mol. The standard InChI is InChI=1S/C16H20N4O3S/c1-24(21,22)14-4-2-3-12(11-14)15-17-18-16(23-15)20-10-9-19-7-5-13(20)6-8-19/h2-4,11,13H,5-10H2,1H3. The molecule has 0 aliphatic carbocycles. The minimum absolute atomic E-state index is 0.251. The van der Waals surface area contributed by atoms with Crippen LogP contribution in [0.25, 0.3) is 11.5 Å². The maximum Gasteiger partial charge on any atom is 0.318 e. The van der Waals surface area contributed by atoms with Gasteiger partial charge in [0.1, 0.15) is 0 Å². The Labute approximate surface area is 141 Å². The van der Waals surface area contributed by atoms with E-state index < -0.39 is 9.84 Å². The van der Waals surface area contributed by atoms with Gasteiger partial charge in [-0.2, -0.15) is 0 Å². The van der Waals surface area contributed by atoms with Gasteiger partial charge in [0.25, 0.3) is 0 Å². The third kappa shape index (κ3) is 2.91. The third-order valence-electron chi connectivity index (χ3n) is 4.82. The minimum atomic E-state index is -3.26. The molecule has 2 bridgehead atoms. The van der Waals surface area contributed by atoms with Gasteiger partial charge in [0.15, 0.2) is 9.84 Å². The molecule has 7 nitrogen and oxygen atoms in total. The van der Waals surface area contributed by atoms with Crippen molar-refractivity contribution in [3.63, 3.8) is 0 Å². The molecule has 0 spiro atoms. The first kappa shape index (κ1) is 15.6. The summed E-state index contributed by atoms with van der Waals surface area (Å²) in [5.41, 5.74) is 0.625. The van der Waals surface area contributed by atoms with Crippen LogP contribution < -0.4 is 4.90 Å². The van der Waals surface area contributed by atoms with Crippen molar-refractivity contribution in [1.29, 1.82) is 0 Å². The number of anilines is 1. The number of nitrogens with zero attached hydrogens (tertiary/aromatic N) is 4. The Balaban J connectivity index is 1.63. The third-order valence-corrected chi connectivity index (χ3v) is 5.93. The molecule has 0 saturated carbocycles. The maximum absolute atomic E-state index is 11.7. The zero-order valence-corrected chi connectivity index (χ0v) is 14.4. The molecule has 8 heteroatoms. The monoisotopic (exact) mass is 348 g/mol. The van der Waals surface area contributed by atoms with Crippen LogP contribution in [0.15, 0.2) is 33.6 Å². The van der Waals surface area contributed by atoms with E-state index in [1.165, 1.54) is 6.26 Å². The normalized spacial score (nSPS) is 24.1. The lowest BCUT2D eigenvalue weighted by molar-refractivity contribution is 0.249. The molecule has 0 amide bonds. The fraction of sp³-hybridized carbons (Fsp3) is 0.500. The summed E-state index contributed by atoms with van der Waals surface area (Å²) in [6, 6.07) is 7.59. The molecule has 0 unspecified atom stereocenters. The van der Waals surface area contributed by atoms with Gasteiger partial charge >= 0.3 is 6.01 Å². The molecule has 128 valence electrons. The fourth-order valence-electron chi connectivity index (χ4n) is 3.45. The van der Waals surface area contributed by atoms with Crippen molar-refractivity contribution in [2.24, 2.45) is 0 Å². The van der Waals surface area contributed by atoms with E-state index in [2.05, 4.69) is 20.0 Å². The summed E-state index contributed by atoms with van der Waals surface area (Å²) in [7, 11) is -3.26. The van der Waals surface area contributed by atoms with Crippen molar-refractivity contribution in [3.8, 4) is 11.5 Å². The van der Waals surface area contributed by atoms with Gasteiger partial charge in [0.05, 0.1) is 4.90 Å². The summed E-state index contributed by atoms with van der Waals surface area (Å²) in [5.74, 6) is 0.356. The van der Waals surface area contributed by atoms with Crippen LogP contribution in [-0.2, 0) is 9.84 Å². The average molecular weight is 348 g/mol. The zero-order chi connectivity index (χ0) is 16.7. The number of hydrogen-bond acceptors (Lipinski definition) is 7. The molecule has 3 fully saturated rings. The van der Waals surface area contributed by atoms with Gasteiger partial charge < -0.3 is 14.2 Å². The molecule has 0 radical (unpaired) electrons. The predicted octanol–water partition coefficient (Wildman–Crippen LogP) is 1.42. The summed E-state index contributed by atoms with van der Waals surface area (Å²) >= 11 is 0. The van der Waals surface area contributed by atoms with Gasteiger partial charge in [-0.3, -0.25) is 0 Å². The Morgan fingerprint density at radius 1 is 1.12 bits per heavy atom. The van der Waals surface area contributed by atoms with Gasteiger partial charge in [-0.05, 0) is 31.0 Å². The molecule has 3 saturated heterocycles. The van der Waals surface area contributed by atoms with Gasteiger partial charge in [0, 0.05) is 44.0 Å². The number of fused-ring (bicyclic) bond motifs is 4. The second-order valence-corrected chi connectivity index (χ2v) is 8.47. The van der Waals surface area contributed by atoms with Crippen LogP contribution in [0.4, 0.5) is 6.01 Å². The highest BCUT2D eigenvalue weighted by atomic mass is 32.2. The first-order valence-electron chi connectivity index (χ1n) is 8.14. The summed E-state index contributed by atoms with van der Waals surface area (Å²) in [4.78, 5) is 4.91. The molecule has 24 heavy (non-hydrogen) atoms. The SMILES string of the molecule is CS(=O)(=O)c1cccc(-c2nnc(N3CCN4CCC3CC4)o2)c1. The summed E-state index contributed by atoms with van der Waals surface area (Å²) in [6.07, 6.45) is 3.41. The second-order valence-electron chi connectivity index (χ2n) is 6.46. The summed E-state index contributed by atoms with van der Waals surface area (Å²) in [5, 5.41) is 8.34. The highest BCUT2D eigenvalue weighted by Gasteiger charge is 2.31. The lowest BCUT2D eigenvalue weighted by Gasteiger charge is -2.29. The fourth-order valence-corrected chi connectivity index (χ4v) is 4.11. The van der Waals surface area contributed by atoms with E-state index in [1.54, 1.807) is 24.3 Å². The van der Waals surface area contributed by atoms with Crippen LogP contribution in [0, 0.1) is 0 Å². The van der Waals surface area contributed by atoms with Crippen molar-refractivity contribution in [3.05, 3.63) is 24.3 Å². The molecule has 1 aromatic carbocycles. The van der Waals surface area contributed by atoms with Crippen molar-refractivity contribution in [2.45, 2.75) is 23.8 Å². The molecule has 0 N–H and O–H groups in total. The Kier molecular flexibility index (Phi) is 3.80. The van der Waals surface area contributed by atoms with Crippen LogP contribution in [-0.4, -0.2) is 62.0 Å². The molecule has 3 aliphatic heterocycles.